The third kappa shape index (κ3) is 4.30. The number of ether oxygens (including phenoxy) is 1. The van der Waals surface area contributed by atoms with E-state index in [-0.39, 0.29) is 18.0 Å². The number of hydrogen-bond acceptors (Lipinski definition) is 5. The summed E-state index contributed by atoms with van der Waals surface area (Å²) >= 11 is 0. The van der Waals surface area contributed by atoms with Crippen LogP contribution < -0.4 is 4.74 Å². The molecular formula is C19H20N2O4S. The lowest BCUT2D eigenvalue weighted by Gasteiger charge is -2.21. The van der Waals surface area contributed by atoms with Crippen molar-refractivity contribution in [1.29, 1.82) is 0 Å². The summed E-state index contributed by atoms with van der Waals surface area (Å²) in [5.41, 5.74) is 0.661. The maximum absolute atomic E-state index is 13.1. The van der Waals surface area contributed by atoms with E-state index in [2.05, 4.69) is 4.98 Å². The number of hydrogen-bond donors (Lipinski definition) is 0. The largest absolute Gasteiger partial charge is 0.494 e. The minimum absolute atomic E-state index is 0.124. The summed E-state index contributed by atoms with van der Waals surface area (Å²) in [6, 6.07) is 15.3. The van der Waals surface area contributed by atoms with E-state index in [1.54, 1.807) is 54.7 Å². The molecule has 0 spiro atoms. The SMILES string of the molecule is CCOc1ccc(S(=O)(=O)N(Cc2ccccn2)Cc2ccco2)cc1. The Morgan fingerprint density at radius 3 is 2.46 bits per heavy atom. The van der Waals surface area contributed by atoms with Crippen LogP contribution in [0.4, 0.5) is 0 Å². The van der Waals surface area contributed by atoms with Crippen molar-refractivity contribution < 1.29 is 17.6 Å². The van der Waals surface area contributed by atoms with Crippen molar-refractivity contribution in [2.24, 2.45) is 0 Å². The molecule has 3 rings (SSSR count). The Kier molecular flexibility index (Phi) is 5.70. The van der Waals surface area contributed by atoms with Gasteiger partial charge in [-0.2, -0.15) is 4.31 Å². The van der Waals surface area contributed by atoms with Gasteiger partial charge in [-0.1, -0.05) is 6.07 Å². The van der Waals surface area contributed by atoms with Crippen molar-refractivity contribution in [3.05, 3.63) is 78.5 Å². The normalized spacial score (nSPS) is 11.6. The first-order valence-corrected chi connectivity index (χ1v) is 9.69. The summed E-state index contributed by atoms with van der Waals surface area (Å²) in [5.74, 6) is 1.20. The first-order chi connectivity index (χ1) is 12.6. The van der Waals surface area contributed by atoms with Gasteiger partial charge in [0, 0.05) is 6.20 Å². The predicted octanol–water partition coefficient (Wildman–Crippen LogP) is 3.46. The van der Waals surface area contributed by atoms with E-state index in [1.165, 1.54) is 10.6 Å². The zero-order valence-corrected chi connectivity index (χ0v) is 15.2. The Labute approximate surface area is 153 Å². The van der Waals surface area contributed by atoms with Gasteiger partial charge in [0.2, 0.25) is 10.0 Å². The lowest BCUT2D eigenvalue weighted by molar-refractivity contribution is 0.339. The first kappa shape index (κ1) is 18.2. The summed E-state index contributed by atoms with van der Waals surface area (Å²) in [6.07, 6.45) is 3.17. The Bertz CT molecular complexity index is 908. The van der Waals surface area contributed by atoms with E-state index in [0.717, 1.165) is 0 Å². The summed E-state index contributed by atoms with van der Waals surface area (Å²) in [5, 5.41) is 0. The topological polar surface area (TPSA) is 72.6 Å². The van der Waals surface area contributed by atoms with Crippen molar-refractivity contribution in [1.82, 2.24) is 9.29 Å². The minimum atomic E-state index is -3.73. The van der Waals surface area contributed by atoms with E-state index in [4.69, 9.17) is 9.15 Å². The van der Waals surface area contributed by atoms with Crippen LogP contribution in [-0.2, 0) is 23.1 Å². The predicted molar refractivity (Wildman–Crippen MR) is 97.0 cm³/mol. The molecule has 1 aromatic carbocycles. The summed E-state index contributed by atoms with van der Waals surface area (Å²) in [4.78, 5) is 4.43. The standard InChI is InChI=1S/C19H20N2O4S/c1-2-24-17-8-10-19(11-9-17)26(22,23)21(15-18-7-5-13-25-18)14-16-6-3-4-12-20-16/h3-13H,2,14-15H2,1H3. The van der Waals surface area contributed by atoms with Crippen molar-refractivity contribution in [3.8, 4) is 5.75 Å². The molecule has 0 aliphatic rings. The number of furan rings is 1. The summed E-state index contributed by atoms with van der Waals surface area (Å²) in [6.45, 7) is 2.68. The molecule has 0 N–H and O–H groups in total. The maximum Gasteiger partial charge on any atom is 0.243 e. The second-order valence-corrected chi connectivity index (χ2v) is 7.52. The van der Waals surface area contributed by atoms with E-state index < -0.39 is 10.0 Å². The molecule has 0 radical (unpaired) electrons. The number of pyridine rings is 1. The van der Waals surface area contributed by atoms with Crippen LogP contribution in [0.25, 0.3) is 0 Å². The number of sulfonamides is 1. The highest BCUT2D eigenvalue weighted by Crippen LogP contribution is 2.23. The fourth-order valence-corrected chi connectivity index (χ4v) is 3.88. The molecule has 0 aliphatic carbocycles. The molecule has 136 valence electrons. The maximum atomic E-state index is 13.1. The van der Waals surface area contributed by atoms with Crippen molar-refractivity contribution in [2.45, 2.75) is 24.9 Å². The Balaban J connectivity index is 1.90. The van der Waals surface area contributed by atoms with Crippen LogP contribution in [0.15, 0.2) is 76.4 Å². The van der Waals surface area contributed by atoms with Crippen LogP contribution in [0.5, 0.6) is 5.75 Å². The number of nitrogens with zero attached hydrogens (tertiary/aromatic N) is 2. The molecule has 0 fully saturated rings. The molecule has 3 aromatic rings. The van der Waals surface area contributed by atoms with Crippen molar-refractivity contribution in [3.63, 3.8) is 0 Å². The van der Waals surface area contributed by atoms with Gasteiger partial charge in [0.1, 0.15) is 11.5 Å². The third-order valence-electron chi connectivity index (χ3n) is 3.75. The van der Waals surface area contributed by atoms with E-state index in [1.807, 2.05) is 13.0 Å². The average molecular weight is 372 g/mol. The van der Waals surface area contributed by atoms with Crippen LogP contribution in [0.3, 0.4) is 0 Å². The number of aromatic nitrogens is 1. The van der Waals surface area contributed by atoms with Crippen LogP contribution in [-0.4, -0.2) is 24.3 Å². The molecule has 2 heterocycles. The van der Waals surface area contributed by atoms with Gasteiger partial charge < -0.3 is 9.15 Å². The lowest BCUT2D eigenvalue weighted by Crippen LogP contribution is -2.30. The van der Waals surface area contributed by atoms with Gasteiger partial charge in [0.05, 0.1) is 36.5 Å². The average Bonchev–Trinajstić information content (AvgIpc) is 3.16. The summed E-state index contributed by atoms with van der Waals surface area (Å²) in [7, 11) is -3.73. The van der Waals surface area contributed by atoms with Crippen molar-refractivity contribution in [2.75, 3.05) is 6.61 Å². The highest BCUT2D eigenvalue weighted by molar-refractivity contribution is 7.89. The number of benzene rings is 1. The third-order valence-corrected chi connectivity index (χ3v) is 5.56. The minimum Gasteiger partial charge on any atom is -0.494 e. The molecule has 26 heavy (non-hydrogen) atoms. The van der Waals surface area contributed by atoms with Gasteiger partial charge in [-0.05, 0) is 55.5 Å². The van der Waals surface area contributed by atoms with E-state index >= 15 is 0 Å². The Morgan fingerprint density at radius 2 is 1.85 bits per heavy atom. The first-order valence-electron chi connectivity index (χ1n) is 8.25. The smallest absolute Gasteiger partial charge is 0.243 e. The Morgan fingerprint density at radius 1 is 1.04 bits per heavy atom. The molecule has 0 unspecified atom stereocenters. The van der Waals surface area contributed by atoms with Gasteiger partial charge in [-0.25, -0.2) is 8.42 Å². The second kappa shape index (κ2) is 8.16. The van der Waals surface area contributed by atoms with E-state index in [0.29, 0.717) is 23.8 Å². The van der Waals surface area contributed by atoms with Gasteiger partial charge in [-0.15, -0.1) is 0 Å². The molecule has 0 bridgehead atoms. The molecule has 7 heteroatoms. The monoisotopic (exact) mass is 372 g/mol. The van der Waals surface area contributed by atoms with Gasteiger partial charge in [-0.3, -0.25) is 4.98 Å². The fraction of sp³-hybridized carbons (Fsp3) is 0.211. The number of rotatable bonds is 8. The van der Waals surface area contributed by atoms with Crippen LogP contribution in [0.2, 0.25) is 0 Å². The molecule has 6 nitrogen and oxygen atoms in total. The molecule has 0 aliphatic heterocycles. The molecule has 0 saturated carbocycles. The molecule has 0 amide bonds. The van der Waals surface area contributed by atoms with Crippen LogP contribution in [0.1, 0.15) is 18.4 Å². The van der Waals surface area contributed by atoms with Crippen LogP contribution in [0, 0.1) is 0 Å². The summed E-state index contributed by atoms with van der Waals surface area (Å²) < 4.78 is 38.4. The van der Waals surface area contributed by atoms with E-state index in [9.17, 15) is 8.42 Å². The molecule has 2 aromatic heterocycles. The Hall–Kier alpha value is -2.64. The van der Waals surface area contributed by atoms with Gasteiger partial charge in [0.25, 0.3) is 0 Å². The zero-order valence-electron chi connectivity index (χ0n) is 14.4. The zero-order chi connectivity index (χ0) is 18.4. The lowest BCUT2D eigenvalue weighted by atomic mass is 10.3. The fourth-order valence-electron chi connectivity index (χ4n) is 2.50. The quantitative estimate of drug-likeness (QED) is 0.605. The second-order valence-electron chi connectivity index (χ2n) is 5.58. The molecular weight excluding hydrogens is 352 g/mol. The molecule has 0 atom stereocenters. The molecule has 0 saturated heterocycles. The van der Waals surface area contributed by atoms with Crippen molar-refractivity contribution >= 4 is 10.0 Å². The highest BCUT2D eigenvalue weighted by Gasteiger charge is 2.26. The van der Waals surface area contributed by atoms with Crippen LogP contribution >= 0.6 is 0 Å². The van der Waals surface area contributed by atoms with Gasteiger partial charge in [0.15, 0.2) is 0 Å². The highest BCUT2D eigenvalue weighted by atomic mass is 32.2. The van der Waals surface area contributed by atoms with Gasteiger partial charge >= 0.3 is 0 Å².